The summed E-state index contributed by atoms with van der Waals surface area (Å²) < 4.78 is 11.4. The van der Waals surface area contributed by atoms with Crippen molar-refractivity contribution < 1.29 is 13.7 Å². The van der Waals surface area contributed by atoms with Crippen LogP contribution in [0.1, 0.15) is 33.5 Å². The average Bonchev–Trinajstić information content (AvgIpc) is 3.36. The van der Waals surface area contributed by atoms with Crippen LogP contribution in [0.5, 0.6) is 0 Å². The first-order chi connectivity index (χ1) is 15.9. The highest BCUT2D eigenvalue weighted by atomic mass is 35.5. The lowest BCUT2D eigenvalue weighted by Crippen LogP contribution is -2.29. The normalized spacial score (nSPS) is 15.5. The van der Waals surface area contributed by atoms with Crippen molar-refractivity contribution in [1.29, 1.82) is 0 Å². The molecule has 0 bridgehead atoms. The maximum absolute atomic E-state index is 13.8. The number of hydrogen-bond donors (Lipinski definition) is 0. The topological polar surface area (TPSA) is 76.6 Å². The number of hydrogen-bond acceptors (Lipinski definition) is 5. The molecule has 1 aliphatic heterocycles. The second-order valence-electron chi connectivity index (χ2n) is 7.88. The fourth-order valence-corrected chi connectivity index (χ4v) is 4.71. The van der Waals surface area contributed by atoms with Gasteiger partial charge in [-0.1, -0.05) is 64.8 Å². The van der Waals surface area contributed by atoms with Crippen LogP contribution in [0.4, 0.5) is 5.82 Å². The zero-order valence-electron chi connectivity index (χ0n) is 17.1. The van der Waals surface area contributed by atoms with Gasteiger partial charge in [-0.2, -0.15) is 0 Å². The third-order valence-electron chi connectivity index (χ3n) is 5.88. The van der Waals surface area contributed by atoms with Gasteiger partial charge in [-0.05, 0) is 36.1 Å². The Kier molecular flexibility index (Phi) is 4.37. The van der Waals surface area contributed by atoms with Gasteiger partial charge >= 0.3 is 0 Å². The number of fused-ring (bicyclic) bond motifs is 4. The first kappa shape index (κ1) is 20.0. The molecule has 5 aromatic rings. The second-order valence-corrected chi connectivity index (χ2v) is 8.70. The van der Waals surface area contributed by atoms with Crippen molar-refractivity contribution in [3.05, 3.63) is 104 Å². The molecule has 0 saturated heterocycles. The number of amides is 1. The zero-order chi connectivity index (χ0) is 22.9. The Morgan fingerprint density at radius 3 is 2.52 bits per heavy atom. The molecule has 8 heteroatoms. The minimum absolute atomic E-state index is 0.0272. The van der Waals surface area contributed by atoms with Crippen molar-refractivity contribution in [2.24, 2.45) is 0 Å². The van der Waals surface area contributed by atoms with E-state index in [0.717, 1.165) is 10.8 Å². The number of benzene rings is 3. The van der Waals surface area contributed by atoms with Crippen molar-refractivity contribution in [3.63, 3.8) is 0 Å². The maximum Gasteiger partial charge on any atom is 0.296 e. The van der Waals surface area contributed by atoms with Crippen LogP contribution in [0.15, 0.2) is 74.4 Å². The Morgan fingerprint density at radius 1 is 0.939 bits per heavy atom. The first-order valence-corrected chi connectivity index (χ1v) is 10.9. The van der Waals surface area contributed by atoms with Gasteiger partial charge in [0, 0.05) is 11.5 Å². The van der Waals surface area contributed by atoms with Gasteiger partial charge in [-0.25, -0.2) is 0 Å². The van der Waals surface area contributed by atoms with Crippen molar-refractivity contribution in [2.75, 3.05) is 4.90 Å². The molecule has 1 aliphatic rings. The molecular weight excluding hydrogens is 463 g/mol. The van der Waals surface area contributed by atoms with Crippen molar-refractivity contribution in [3.8, 4) is 0 Å². The molecule has 1 unspecified atom stereocenters. The van der Waals surface area contributed by atoms with Gasteiger partial charge in [0.1, 0.15) is 11.3 Å². The molecule has 6 nitrogen and oxygen atoms in total. The number of nitrogens with zero attached hydrogens (tertiary/aromatic N) is 2. The highest BCUT2D eigenvalue weighted by Gasteiger charge is 2.45. The Balaban J connectivity index is 1.69. The van der Waals surface area contributed by atoms with Crippen LogP contribution in [0, 0.1) is 6.92 Å². The third-order valence-corrected chi connectivity index (χ3v) is 6.62. The highest BCUT2D eigenvalue weighted by Crippen LogP contribution is 2.42. The smallest absolute Gasteiger partial charge is 0.296 e. The van der Waals surface area contributed by atoms with Crippen LogP contribution in [0.3, 0.4) is 0 Å². The lowest BCUT2D eigenvalue weighted by Gasteiger charge is -2.22. The van der Waals surface area contributed by atoms with Crippen LogP contribution >= 0.6 is 23.2 Å². The molecule has 3 aromatic carbocycles. The summed E-state index contributed by atoms with van der Waals surface area (Å²) in [6.07, 6.45) is 0. The molecule has 1 atom stereocenters. The zero-order valence-corrected chi connectivity index (χ0v) is 18.6. The van der Waals surface area contributed by atoms with Gasteiger partial charge in [0.2, 0.25) is 5.76 Å². The van der Waals surface area contributed by atoms with E-state index in [-0.39, 0.29) is 22.6 Å². The van der Waals surface area contributed by atoms with E-state index >= 15 is 0 Å². The van der Waals surface area contributed by atoms with E-state index in [1.807, 2.05) is 30.3 Å². The second kappa shape index (κ2) is 7.20. The van der Waals surface area contributed by atoms with Crippen molar-refractivity contribution in [1.82, 2.24) is 5.16 Å². The van der Waals surface area contributed by atoms with E-state index < -0.39 is 11.9 Å². The molecule has 2 aromatic heterocycles. The molecule has 162 valence electrons. The highest BCUT2D eigenvalue weighted by molar-refractivity contribution is 6.42. The summed E-state index contributed by atoms with van der Waals surface area (Å²) in [5, 5.41) is 6.75. The first-order valence-electron chi connectivity index (χ1n) is 10.1. The lowest BCUT2D eigenvalue weighted by atomic mass is 9.97. The summed E-state index contributed by atoms with van der Waals surface area (Å²) in [6.45, 7) is 1.72. The summed E-state index contributed by atoms with van der Waals surface area (Å²) in [4.78, 5) is 28.8. The SMILES string of the molecule is Cc1cc(N2C(=O)c3oc4c(ccc5ccccc54)c(=O)c3C2c2ccc(Cl)c(Cl)c2)no1. The van der Waals surface area contributed by atoms with Crippen LogP contribution < -0.4 is 10.3 Å². The summed E-state index contributed by atoms with van der Waals surface area (Å²) in [6, 6.07) is 17.0. The molecule has 0 radical (unpaired) electrons. The van der Waals surface area contributed by atoms with Gasteiger partial charge < -0.3 is 8.94 Å². The monoisotopic (exact) mass is 476 g/mol. The van der Waals surface area contributed by atoms with Crippen molar-refractivity contribution in [2.45, 2.75) is 13.0 Å². The van der Waals surface area contributed by atoms with Crippen molar-refractivity contribution >= 4 is 56.7 Å². The van der Waals surface area contributed by atoms with Crippen LogP contribution in [-0.2, 0) is 0 Å². The molecular formula is C25H14Cl2N2O4. The van der Waals surface area contributed by atoms with Gasteiger partial charge in [0.25, 0.3) is 5.91 Å². The van der Waals surface area contributed by atoms with E-state index in [1.54, 1.807) is 37.3 Å². The largest absolute Gasteiger partial charge is 0.450 e. The molecule has 0 spiro atoms. The van der Waals surface area contributed by atoms with E-state index in [9.17, 15) is 9.59 Å². The molecule has 6 rings (SSSR count). The minimum atomic E-state index is -0.807. The summed E-state index contributed by atoms with van der Waals surface area (Å²) in [5.41, 5.74) is 0.909. The summed E-state index contributed by atoms with van der Waals surface area (Å²) in [5.74, 6) is 0.284. The van der Waals surface area contributed by atoms with E-state index in [4.69, 9.17) is 32.1 Å². The number of aryl methyl sites for hydroxylation is 1. The molecule has 0 fully saturated rings. The number of carbonyl (C=O) groups is 1. The Morgan fingerprint density at radius 2 is 1.76 bits per heavy atom. The molecule has 3 heterocycles. The van der Waals surface area contributed by atoms with Crippen LogP contribution in [-0.4, -0.2) is 11.1 Å². The molecule has 0 aliphatic carbocycles. The van der Waals surface area contributed by atoms with E-state index in [0.29, 0.717) is 32.3 Å². The lowest BCUT2D eigenvalue weighted by molar-refractivity contribution is 0.0969. The summed E-state index contributed by atoms with van der Waals surface area (Å²) >= 11 is 12.4. The molecule has 1 amide bonds. The molecule has 0 saturated carbocycles. The number of carbonyl (C=O) groups excluding carboxylic acids is 1. The Hall–Kier alpha value is -3.61. The van der Waals surface area contributed by atoms with Gasteiger partial charge in [0.15, 0.2) is 11.2 Å². The molecule has 0 N–H and O–H groups in total. The van der Waals surface area contributed by atoms with Gasteiger partial charge in [-0.15, -0.1) is 0 Å². The number of halogens is 2. The third kappa shape index (κ3) is 2.91. The van der Waals surface area contributed by atoms with E-state index in [1.165, 1.54) is 4.90 Å². The molecule has 33 heavy (non-hydrogen) atoms. The predicted octanol–water partition coefficient (Wildman–Crippen LogP) is 6.30. The van der Waals surface area contributed by atoms with Crippen LogP contribution in [0.25, 0.3) is 21.7 Å². The maximum atomic E-state index is 13.8. The minimum Gasteiger partial charge on any atom is -0.450 e. The standard InChI is InChI=1S/C25H14Cl2N2O4/c1-12-10-19(28-33-12)29-21(14-7-9-17(26)18(27)11-14)20-22(30)16-8-6-13-4-2-3-5-15(13)23(16)32-24(20)25(29)31/h2-11,21H,1H3. The Labute approximate surface area is 196 Å². The average molecular weight is 477 g/mol. The number of rotatable bonds is 2. The Bertz CT molecular complexity index is 1670. The summed E-state index contributed by atoms with van der Waals surface area (Å²) in [7, 11) is 0. The fraction of sp³-hybridized carbons (Fsp3) is 0.0800. The predicted molar refractivity (Wildman–Crippen MR) is 126 cm³/mol. The quantitative estimate of drug-likeness (QED) is 0.279. The van der Waals surface area contributed by atoms with Gasteiger partial charge in [-0.3, -0.25) is 14.5 Å². The fourth-order valence-electron chi connectivity index (χ4n) is 4.40. The number of aromatic nitrogens is 1. The number of anilines is 1. The van der Waals surface area contributed by atoms with E-state index in [2.05, 4.69) is 5.16 Å². The van der Waals surface area contributed by atoms with Crippen LogP contribution in [0.2, 0.25) is 10.0 Å². The van der Waals surface area contributed by atoms with Gasteiger partial charge in [0.05, 0.1) is 27.0 Å².